The van der Waals surface area contributed by atoms with Crippen LogP contribution in [-0.2, 0) is 19.6 Å². The Hall–Kier alpha value is -2.92. The number of aromatic nitrogens is 1. The molecule has 1 saturated carbocycles. The van der Waals surface area contributed by atoms with Gasteiger partial charge in [0.2, 0.25) is 15.9 Å². The molecule has 10 nitrogen and oxygen atoms in total. The van der Waals surface area contributed by atoms with Crippen molar-refractivity contribution in [3.8, 4) is 5.75 Å². The normalized spacial score (nSPS) is 28.1. The molecule has 2 aromatic rings. The molecule has 2 aliphatic heterocycles. The third-order valence-corrected chi connectivity index (χ3v) is 9.62. The fraction of sp³-hybridized carbons (Fsp3) is 0.542. The highest BCUT2D eigenvalue weighted by Gasteiger charge is 2.50. The number of nitrogens with one attached hydrogen (secondary N) is 3. The van der Waals surface area contributed by atoms with Crippen LogP contribution in [0.1, 0.15) is 42.6 Å². The molecule has 0 radical (unpaired) electrons. The monoisotopic (exact) mass is 502 g/mol. The van der Waals surface area contributed by atoms with Gasteiger partial charge in [-0.2, -0.15) is 0 Å². The van der Waals surface area contributed by atoms with Crippen LogP contribution in [0.3, 0.4) is 0 Å². The number of carbonyl (C=O) groups excluding carboxylic acids is 3. The number of rotatable bonds is 7. The van der Waals surface area contributed by atoms with Gasteiger partial charge in [0.15, 0.2) is 0 Å². The molecule has 3 aliphatic rings. The first-order valence-corrected chi connectivity index (χ1v) is 13.6. The number of methoxy groups -OCH3 is 1. The number of carbonyl (C=O) groups is 3. The summed E-state index contributed by atoms with van der Waals surface area (Å²) in [5.74, 6) is 0.213. The van der Waals surface area contributed by atoms with Crippen molar-refractivity contribution in [3.63, 3.8) is 0 Å². The lowest BCUT2D eigenvalue weighted by atomic mass is 9.93. The molecule has 3 heterocycles. The van der Waals surface area contributed by atoms with E-state index in [4.69, 9.17) is 4.74 Å². The minimum atomic E-state index is -3.48. The summed E-state index contributed by atoms with van der Waals surface area (Å²) < 4.78 is 32.1. The number of amides is 2. The van der Waals surface area contributed by atoms with Crippen LogP contribution in [0.2, 0.25) is 0 Å². The third-order valence-electron chi connectivity index (χ3n) is 7.71. The van der Waals surface area contributed by atoms with Gasteiger partial charge in [-0.05, 0) is 55.7 Å². The van der Waals surface area contributed by atoms with Crippen molar-refractivity contribution in [1.82, 2.24) is 19.9 Å². The van der Waals surface area contributed by atoms with Gasteiger partial charge in [-0.25, -0.2) is 13.1 Å². The van der Waals surface area contributed by atoms with E-state index < -0.39 is 33.3 Å². The molecule has 3 fully saturated rings. The average molecular weight is 503 g/mol. The summed E-state index contributed by atoms with van der Waals surface area (Å²) >= 11 is 0. The molecular weight excluding hydrogens is 472 g/mol. The number of sulfonamides is 1. The van der Waals surface area contributed by atoms with E-state index in [0.29, 0.717) is 37.2 Å². The second kappa shape index (κ2) is 9.27. The fourth-order valence-electron chi connectivity index (χ4n) is 6.01. The van der Waals surface area contributed by atoms with Crippen molar-refractivity contribution in [1.29, 1.82) is 0 Å². The Bertz CT molecular complexity index is 1260. The van der Waals surface area contributed by atoms with Crippen molar-refractivity contribution in [2.45, 2.75) is 49.4 Å². The maximum atomic E-state index is 13.6. The van der Waals surface area contributed by atoms with Gasteiger partial charge in [0, 0.05) is 24.0 Å². The number of fused-ring (bicyclic) bond motifs is 2. The van der Waals surface area contributed by atoms with E-state index in [0.717, 1.165) is 30.2 Å². The second-order valence-electron chi connectivity index (χ2n) is 9.70. The lowest BCUT2D eigenvalue weighted by molar-refractivity contribution is -0.128. The molecule has 2 saturated heterocycles. The summed E-state index contributed by atoms with van der Waals surface area (Å²) in [4.78, 5) is 43.6. The summed E-state index contributed by atoms with van der Waals surface area (Å²) in [5.41, 5.74) is 1.14. The maximum Gasteiger partial charge on any atom is 0.271 e. The smallest absolute Gasteiger partial charge is 0.271 e. The Morgan fingerprint density at radius 3 is 2.83 bits per heavy atom. The highest BCUT2D eigenvalue weighted by atomic mass is 32.2. The number of aromatic amines is 1. The van der Waals surface area contributed by atoms with Gasteiger partial charge >= 0.3 is 0 Å². The lowest BCUT2D eigenvalue weighted by Gasteiger charge is -2.28. The Morgan fingerprint density at radius 2 is 2.11 bits per heavy atom. The highest BCUT2D eigenvalue weighted by molar-refractivity contribution is 7.90. The van der Waals surface area contributed by atoms with E-state index in [-0.39, 0.29) is 24.2 Å². The average Bonchev–Trinajstić information content (AvgIpc) is 3.60. The number of hydrogen-bond acceptors (Lipinski definition) is 6. The van der Waals surface area contributed by atoms with Gasteiger partial charge in [0.05, 0.1) is 18.4 Å². The summed E-state index contributed by atoms with van der Waals surface area (Å²) in [5, 5.41) is 2.80. The fourth-order valence-corrected chi connectivity index (χ4v) is 7.53. The molecule has 35 heavy (non-hydrogen) atoms. The summed E-state index contributed by atoms with van der Waals surface area (Å²) in [6.07, 6.45) is 3.77. The zero-order valence-corrected chi connectivity index (χ0v) is 20.3. The SMILES string of the molecule is COc1cccc2[nH]c(C(=O)N3C[C@@H]4CCC[C@@H]4[C@H]3C(=O)N[C@H](C=O)CC3CCNS3(=O)=O)cc12. The van der Waals surface area contributed by atoms with Crippen LogP contribution >= 0.6 is 0 Å². The maximum absolute atomic E-state index is 13.6. The van der Waals surface area contributed by atoms with Crippen molar-refractivity contribution in [2.75, 3.05) is 20.2 Å². The highest BCUT2D eigenvalue weighted by Crippen LogP contribution is 2.43. The first-order chi connectivity index (χ1) is 16.8. The van der Waals surface area contributed by atoms with Gasteiger partial charge < -0.3 is 24.7 Å². The number of H-pyrrole nitrogens is 1. The van der Waals surface area contributed by atoms with Crippen LogP contribution in [0.4, 0.5) is 0 Å². The molecule has 2 amide bonds. The largest absolute Gasteiger partial charge is 0.496 e. The van der Waals surface area contributed by atoms with E-state index in [9.17, 15) is 22.8 Å². The van der Waals surface area contributed by atoms with E-state index in [1.54, 1.807) is 18.1 Å². The van der Waals surface area contributed by atoms with E-state index >= 15 is 0 Å². The Labute approximate surface area is 203 Å². The molecule has 188 valence electrons. The quantitative estimate of drug-likeness (QED) is 0.486. The molecule has 0 bridgehead atoms. The van der Waals surface area contributed by atoms with Crippen LogP contribution in [0.5, 0.6) is 5.75 Å². The molecule has 1 aliphatic carbocycles. The van der Waals surface area contributed by atoms with Gasteiger partial charge in [-0.3, -0.25) is 9.59 Å². The third kappa shape index (κ3) is 4.31. The van der Waals surface area contributed by atoms with E-state index in [1.807, 2.05) is 18.2 Å². The molecule has 5 atom stereocenters. The Kier molecular flexibility index (Phi) is 6.30. The molecule has 11 heteroatoms. The van der Waals surface area contributed by atoms with Gasteiger partial charge in [-0.15, -0.1) is 0 Å². The van der Waals surface area contributed by atoms with Crippen molar-refractivity contribution in [3.05, 3.63) is 30.0 Å². The van der Waals surface area contributed by atoms with Gasteiger partial charge in [0.1, 0.15) is 23.8 Å². The zero-order valence-electron chi connectivity index (χ0n) is 19.5. The minimum absolute atomic E-state index is 0.0150. The number of likely N-dealkylation sites (tertiary alicyclic amines) is 1. The summed E-state index contributed by atoms with van der Waals surface area (Å²) in [6.45, 7) is 0.803. The molecule has 1 aromatic carbocycles. The first kappa shape index (κ1) is 23.8. The zero-order chi connectivity index (χ0) is 24.7. The number of nitrogens with zero attached hydrogens (tertiary/aromatic N) is 1. The predicted molar refractivity (Wildman–Crippen MR) is 128 cm³/mol. The predicted octanol–water partition coefficient (Wildman–Crippen LogP) is 1.18. The Balaban J connectivity index is 1.37. The summed E-state index contributed by atoms with van der Waals surface area (Å²) in [7, 11) is -1.91. The molecular formula is C24H30N4O6S. The number of ether oxygens (including phenoxy) is 1. The Morgan fingerprint density at radius 1 is 1.29 bits per heavy atom. The number of benzene rings is 1. The lowest BCUT2D eigenvalue weighted by Crippen LogP contribution is -2.52. The van der Waals surface area contributed by atoms with Crippen LogP contribution < -0.4 is 14.8 Å². The van der Waals surface area contributed by atoms with Crippen molar-refractivity contribution >= 4 is 39.0 Å². The minimum Gasteiger partial charge on any atom is -0.496 e. The van der Waals surface area contributed by atoms with Crippen LogP contribution in [0.25, 0.3) is 10.9 Å². The van der Waals surface area contributed by atoms with Crippen LogP contribution in [0.15, 0.2) is 24.3 Å². The molecule has 0 spiro atoms. The van der Waals surface area contributed by atoms with E-state index in [1.165, 1.54) is 0 Å². The first-order valence-electron chi connectivity index (χ1n) is 12.0. The summed E-state index contributed by atoms with van der Waals surface area (Å²) in [6, 6.07) is 5.62. The standard InChI is InChI=1S/C24H30N4O6S/c1-34-21-7-3-6-19-18(21)11-20(27-19)24(31)28-12-14-4-2-5-17(14)22(28)23(30)26-15(13-29)10-16-8-9-25-35(16,32)33/h3,6-7,11,13-17,22,25,27H,2,4-5,8-10,12H2,1H3,(H,26,30)/t14-,15-,16?,17-,22-/m0/s1. The molecule has 1 aromatic heterocycles. The molecule has 5 rings (SSSR count). The van der Waals surface area contributed by atoms with Crippen molar-refractivity contribution < 1.29 is 27.5 Å². The van der Waals surface area contributed by atoms with Gasteiger partial charge in [0.25, 0.3) is 5.91 Å². The van der Waals surface area contributed by atoms with Gasteiger partial charge in [-0.1, -0.05) is 12.5 Å². The number of hydrogen-bond donors (Lipinski definition) is 3. The van der Waals surface area contributed by atoms with Crippen LogP contribution in [-0.4, -0.2) is 73.9 Å². The topological polar surface area (TPSA) is 138 Å². The van der Waals surface area contributed by atoms with Crippen molar-refractivity contribution in [2.24, 2.45) is 11.8 Å². The number of aldehydes is 1. The second-order valence-corrected chi connectivity index (χ2v) is 11.7. The van der Waals surface area contributed by atoms with Crippen LogP contribution in [0, 0.1) is 11.8 Å². The molecule has 3 N–H and O–H groups in total. The van der Waals surface area contributed by atoms with E-state index in [2.05, 4.69) is 15.0 Å². The molecule has 1 unspecified atom stereocenters.